The van der Waals surface area contributed by atoms with Gasteiger partial charge < -0.3 is 10.6 Å². The molecular formula is C11H22N2O. The molecule has 0 aromatic rings. The average Bonchev–Trinajstić information content (AvgIpc) is 2.35. The third kappa shape index (κ3) is 2.98. The Morgan fingerprint density at radius 1 is 1.43 bits per heavy atom. The Kier molecular flexibility index (Phi) is 3.53. The molecule has 14 heavy (non-hydrogen) atoms. The Morgan fingerprint density at radius 2 is 2.07 bits per heavy atom. The first kappa shape index (κ1) is 11.5. The summed E-state index contributed by atoms with van der Waals surface area (Å²) in [6.07, 6.45) is 2.42. The van der Waals surface area contributed by atoms with Crippen LogP contribution in [0.2, 0.25) is 0 Å². The number of rotatable bonds is 3. The standard InChI is InChI=1S/C11H22N2O/c1-8-5-11(2,3)6-9(8)13-7-10(14)12-4/h8-9,13H,5-7H2,1-4H3,(H,12,14). The molecule has 2 N–H and O–H groups in total. The third-order valence-corrected chi connectivity index (χ3v) is 3.14. The molecule has 0 saturated heterocycles. The van der Waals surface area contributed by atoms with Crippen LogP contribution in [0.3, 0.4) is 0 Å². The average molecular weight is 198 g/mol. The van der Waals surface area contributed by atoms with Crippen LogP contribution in [-0.4, -0.2) is 25.5 Å². The Balaban J connectivity index is 2.36. The zero-order valence-electron chi connectivity index (χ0n) is 9.68. The number of hydrogen-bond donors (Lipinski definition) is 2. The molecule has 0 aromatic heterocycles. The smallest absolute Gasteiger partial charge is 0.233 e. The van der Waals surface area contributed by atoms with Gasteiger partial charge in [0.25, 0.3) is 0 Å². The van der Waals surface area contributed by atoms with Crippen LogP contribution in [0.5, 0.6) is 0 Å². The summed E-state index contributed by atoms with van der Waals surface area (Å²) in [5, 5.41) is 5.95. The third-order valence-electron chi connectivity index (χ3n) is 3.14. The predicted octanol–water partition coefficient (Wildman–Crippen LogP) is 1.15. The Hall–Kier alpha value is -0.570. The summed E-state index contributed by atoms with van der Waals surface area (Å²) < 4.78 is 0. The van der Waals surface area contributed by atoms with E-state index in [0.29, 0.717) is 23.9 Å². The van der Waals surface area contributed by atoms with Crippen molar-refractivity contribution >= 4 is 5.91 Å². The topological polar surface area (TPSA) is 41.1 Å². The minimum atomic E-state index is 0.0712. The van der Waals surface area contributed by atoms with Gasteiger partial charge in [-0.3, -0.25) is 4.79 Å². The quantitative estimate of drug-likeness (QED) is 0.714. The molecule has 0 aromatic carbocycles. The highest BCUT2D eigenvalue weighted by Crippen LogP contribution is 2.40. The second-order valence-corrected chi connectivity index (χ2v) is 5.21. The molecule has 1 fully saturated rings. The highest BCUT2D eigenvalue weighted by atomic mass is 16.1. The van der Waals surface area contributed by atoms with Crippen molar-refractivity contribution in [3.8, 4) is 0 Å². The maximum atomic E-state index is 11.1. The van der Waals surface area contributed by atoms with Crippen molar-refractivity contribution < 1.29 is 4.79 Å². The van der Waals surface area contributed by atoms with E-state index < -0.39 is 0 Å². The van der Waals surface area contributed by atoms with E-state index in [-0.39, 0.29) is 5.91 Å². The second-order valence-electron chi connectivity index (χ2n) is 5.21. The predicted molar refractivity (Wildman–Crippen MR) is 58.0 cm³/mol. The van der Waals surface area contributed by atoms with Crippen LogP contribution in [0, 0.1) is 11.3 Å². The van der Waals surface area contributed by atoms with Crippen molar-refractivity contribution in [3.63, 3.8) is 0 Å². The first-order chi connectivity index (χ1) is 6.44. The lowest BCUT2D eigenvalue weighted by Gasteiger charge is -2.18. The zero-order valence-corrected chi connectivity index (χ0v) is 9.68. The van der Waals surface area contributed by atoms with Crippen molar-refractivity contribution in [2.75, 3.05) is 13.6 Å². The number of nitrogens with one attached hydrogen (secondary N) is 2. The van der Waals surface area contributed by atoms with Crippen LogP contribution in [0.4, 0.5) is 0 Å². The molecule has 1 rings (SSSR count). The number of likely N-dealkylation sites (N-methyl/N-ethyl adjacent to an activating group) is 1. The Morgan fingerprint density at radius 3 is 2.50 bits per heavy atom. The van der Waals surface area contributed by atoms with Crippen LogP contribution in [0.1, 0.15) is 33.6 Å². The minimum Gasteiger partial charge on any atom is -0.358 e. The second kappa shape index (κ2) is 4.30. The van der Waals surface area contributed by atoms with Gasteiger partial charge in [-0.25, -0.2) is 0 Å². The lowest BCUT2D eigenvalue weighted by atomic mass is 9.91. The van der Waals surface area contributed by atoms with Gasteiger partial charge >= 0.3 is 0 Å². The van der Waals surface area contributed by atoms with Crippen LogP contribution in [0.25, 0.3) is 0 Å². The number of amides is 1. The monoisotopic (exact) mass is 198 g/mol. The molecule has 0 radical (unpaired) electrons. The molecule has 3 heteroatoms. The minimum absolute atomic E-state index is 0.0712. The summed E-state index contributed by atoms with van der Waals surface area (Å²) in [4.78, 5) is 11.1. The van der Waals surface area contributed by atoms with Crippen LogP contribution in [0.15, 0.2) is 0 Å². The fourth-order valence-corrected chi connectivity index (χ4v) is 2.48. The van der Waals surface area contributed by atoms with Gasteiger partial charge in [-0.05, 0) is 24.2 Å². The maximum Gasteiger partial charge on any atom is 0.233 e. The largest absolute Gasteiger partial charge is 0.358 e. The fraction of sp³-hybridized carbons (Fsp3) is 0.909. The molecule has 82 valence electrons. The van der Waals surface area contributed by atoms with E-state index in [9.17, 15) is 4.79 Å². The molecule has 0 aliphatic heterocycles. The molecule has 0 heterocycles. The van der Waals surface area contributed by atoms with E-state index in [2.05, 4.69) is 31.4 Å². The SMILES string of the molecule is CNC(=O)CNC1CC(C)(C)CC1C. The molecule has 0 bridgehead atoms. The van der Waals surface area contributed by atoms with E-state index in [1.165, 1.54) is 12.8 Å². The summed E-state index contributed by atoms with van der Waals surface area (Å²) in [7, 11) is 1.67. The summed E-state index contributed by atoms with van der Waals surface area (Å²) in [6.45, 7) is 7.30. The molecule has 2 atom stereocenters. The van der Waals surface area contributed by atoms with E-state index in [4.69, 9.17) is 0 Å². The highest BCUT2D eigenvalue weighted by Gasteiger charge is 2.36. The van der Waals surface area contributed by atoms with Crippen LogP contribution >= 0.6 is 0 Å². The molecule has 1 amide bonds. The van der Waals surface area contributed by atoms with Crippen molar-refractivity contribution in [2.24, 2.45) is 11.3 Å². The molecule has 2 unspecified atom stereocenters. The summed E-state index contributed by atoms with van der Waals surface area (Å²) >= 11 is 0. The van der Waals surface area contributed by atoms with Crippen molar-refractivity contribution in [1.29, 1.82) is 0 Å². The lowest BCUT2D eigenvalue weighted by Crippen LogP contribution is -2.39. The van der Waals surface area contributed by atoms with Gasteiger partial charge in [-0.1, -0.05) is 20.8 Å². The molecule has 3 nitrogen and oxygen atoms in total. The van der Waals surface area contributed by atoms with Crippen LogP contribution < -0.4 is 10.6 Å². The number of carbonyl (C=O) groups excluding carboxylic acids is 1. The van der Waals surface area contributed by atoms with Gasteiger partial charge in [0.1, 0.15) is 0 Å². The van der Waals surface area contributed by atoms with Gasteiger partial charge in [0.15, 0.2) is 0 Å². The first-order valence-corrected chi connectivity index (χ1v) is 5.38. The summed E-state index contributed by atoms with van der Waals surface area (Å²) in [5.74, 6) is 0.747. The summed E-state index contributed by atoms with van der Waals surface area (Å²) in [6, 6.07) is 0.502. The lowest BCUT2D eigenvalue weighted by molar-refractivity contribution is -0.119. The Labute approximate surface area is 86.6 Å². The first-order valence-electron chi connectivity index (χ1n) is 5.38. The fourth-order valence-electron chi connectivity index (χ4n) is 2.48. The van der Waals surface area contributed by atoms with E-state index in [0.717, 1.165) is 0 Å². The highest BCUT2D eigenvalue weighted by molar-refractivity contribution is 5.77. The van der Waals surface area contributed by atoms with E-state index in [1.807, 2.05) is 0 Å². The number of carbonyl (C=O) groups is 1. The van der Waals surface area contributed by atoms with Crippen molar-refractivity contribution in [1.82, 2.24) is 10.6 Å². The van der Waals surface area contributed by atoms with E-state index >= 15 is 0 Å². The van der Waals surface area contributed by atoms with Gasteiger partial charge in [-0.2, -0.15) is 0 Å². The van der Waals surface area contributed by atoms with Crippen molar-refractivity contribution in [3.05, 3.63) is 0 Å². The maximum absolute atomic E-state index is 11.1. The van der Waals surface area contributed by atoms with Gasteiger partial charge in [0.05, 0.1) is 6.54 Å². The van der Waals surface area contributed by atoms with Gasteiger partial charge in [0.2, 0.25) is 5.91 Å². The molecule has 0 spiro atoms. The Bertz CT molecular complexity index is 213. The van der Waals surface area contributed by atoms with Crippen molar-refractivity contribution in [2.45, 2.75) is 39.7 Å². The van der Waals surface area contributed by atoms with Crippen LogP contribution in [-0.2, 0) is 4.79 Å². The zero-order chi connectivity index (χ0) is 10.8. The van der Waals surface area contributed by atoms with Gasteiger partial charge in [0, 0.05) is 13.1 Å². The molecule has 1 aliphatic rings. The normalized spacial score (nSPS) is 30.3. The molecule has 1 saturated carbocycles. The molecular weight excluding hydrogens is 176 g/mol. The molecule has 1 aliphatic carbocycles. The van der Waals surface area contributed by atoms with Gasteiger partial charge in [-0.15, -0.1) is 0 Å². The summed E-state index contributed by atoms with van der Waals surface area (Å²) in [5.41, 5.74) is 0.430. The number of hydrogen-bond acceptors (Lipinski definition) is 2. The van der Waals surface area contributed by atoms with E-state index in [1.54, 1.807) is 7.05 Å².